The Morgan fingerprint density at radius 1 is 1.44 bits per heavy atom. The van der Waals surface area contributed by atoms with Crippen molar-refractivity contribution in [1.82, 2.24) is 5.32 Å². The van der Waals surface area contributed by atoms with Crippen molar-refractivity contribution in [3.8, 4) is 0 Å². The maximum atomic E-state index is 13.1. The quantitative estimate of drug-likeness (QED) is 0.898. The van der Waals surface area contributed by atoms with Gasteiger partial charge < -0.3 is 10.1 Å². The molecule has 1 aromatic carbocycles. The van der Waals surface area contributed by atoms with E-state index in [1.807, 2.05) is 20.9 Å². The molecule has 0 saturated heterocycles. The topological polar surface area (TPSA) is 21.3 Å². The highest BCUT2D eigenvalue weighted by molar-refractivity contribution is 9.10. The lowest BCUT2D eigenvalue weighted by Crippen LogP contribution is -2.23. The van der Waals surface area contributed by atoms with Crippen LogP contribution < -0.4 is 5.32 Å². The number of rotatable bonds is 5. The minimum atomic E-state index is -0.247. The summed E-state index contributed by atoms with van der Waals surface area (Å²) in [6, 6.07) is 5.09. The van der Waals surface area contributed by atoms with Crippen molar-refractivity contribution in [2.45, 2.75) is 26.0 Å². The van der Waals surface area contributed by atoms with Crippen molar-refractivity contribution in [1.29, 1.82) is 0 Å². The molecule has 0 fully saturated rings. The van der Waals surface area contributed by atoms with Crippen molar-refractivity contribution < 1.29 is 9.13 Å². The van der Waals surface area contributed by atoms with E-state index in [1.54, 1.807) is 12.1 Å². The average Bonchev–Trinajstić information content (AvgIpc) is 2.23. The third-order valence-corrected chi connectivity index (χ3v) is 2.90. The Morgan fingerprint density at radius 3 is 2.62 bits per heavy atom. The molecule has 0 aliphatic rings. The second kappa shape index (κ2) is 6.33. The first-order chi connectivity index (χ1) is 7.54. The first-order valence-electron chi connectivity index (χ1n) is 5.28. The summed E-state index contributed by atoms with van der Waals surface area (Å²) in [5.74, 6) is -0.247. The zero-order chi connectivity index (χ0) is 12.1. The van der Waals surface area contributed by atoms with Gasteiger partial charge in [0.2, 0.25) is 0 Å². The molecule has 0 amide bonds. The second-order valence-corrected chi connectivity index (χ2v) is 4.75. The van der Waals surface area contributed by atoms with Crippen molar-refractivity contribution in [2.24, 2.45) is 0 Å². The van der Waals surface area contributed by atoms with Crippen LogP contribution in [0.15, 0.2) is 22.7 Å². The molecule has 1 rings (SSSR count). The number of hydrogen-bond donors (Lipinski definition) is 1. The maximum absolute atomic E-state index is 13.1. The predicted octanol–water partition coefficient (Wildman–Crippen LogP) is 3.27. The third kappa shape index (κ3) is 3.85. The first kappa shape index (κ1) is 13.6. The lowest BCUT2D eigenvalue weighted by atomic mass is 10.1. The Hall–Kier alpha value is -0.450. The standard InChI is InChI=1S/C12H17BrFNO/c1-8(2)16-7-12(15-3)9-4-5-11(14)10(13)6-9/h4-6,8,12,15H,7H2,1-3H3. The molecule has 1 N–H and O–H groups in total. The second-order valence-electron chi connectivity index (χ2n) is 3.90. The minimum absolute atomic E-state index is 0.0827. The zero-order valence-electron chi connectivity index (χ0n) is 9.76. The summed E-state index contributed by atoms with van der Waals surface area (Å²) in [5, 5.41) is 3.15. The van der Waals surface area contributed by atoms with Gasteiger partial charge in [0, 0.05) is 0 Å². The lowest BCUT2D eigenvalue weighted by molar-refractivity contribution is 0.0626. The van der Waals surface area contributed by atoms with Gasteiger partial charge in [0.05, 0.1) is 23.2 Å². The van der Waals surface area contributed by atoms with E-state index in [-0.39, 0.29) is 18.0 Å². The van der Waals surface area contributed by atoms with Gasteiger partial charge in [-0.2, -0.15) is 0 Å². The first-order valence-corrected chi connectivity index (χ1v) is 6.07. The Bertz CT molecular complexity index is 344. The van der Waals surface area contributed by atoms with Crippen LogP contribution >= 0.6 is 15.9 Å². The zero-order valence-corrected chi connectivity index (χ0v) is 11.3. The number of hydrogen-bond acceptors (Lipinski definition) is 2. The van der Waals surface area contributed by atoms with E-state index < -0.39 is 0 Å². The lowest BCUT2D eigenvalue weighted by Gasteiger charge is -2.18. The molecule has 0 aromatic heterocycles. The summed E-state index contributed by atoms with van der Waals surface area (Å²) in [4.78, 5) is 0. The van der Waals surface area contributed by atoms with Crippen molar-refractivity contribution in [3.63, 3.8) is 0 Å². The smallest absolute Gasteiger partial charge is 0.137 e. The predicted molar refractivity (Wildman–Crippen MR) is 67.0 cm³/mol. The summed E-state index contributed by atoms with van der Waals surface area (Å²) in [6.45, 7) is 4.56. The van der Waals surface area contributed by atoms with Crippen LogP contribution in [0.1, 0.15) is 25.5 Å². The molecule has 0 spiro atoms. The molecular weight excluding hydrogens is 273 g/mol. The van der Waals surface area contributed by atoms with E-state index >= 15 is 0 Å². The molecule has 1 unspecified atom stereocenters. The molecule has 0 heterocycles. The minimum Gasteiger partial charge on any atom is -0.377 e. The Balaban J connectivity index is 2.74. The molecule has 0 saturated carbocycles. The molecule has 2 nitrogen and oxygen atoms in total. The van der Waals surface area contributed by atoms with Crippen molar-refractivity contribution in [2.75, 3.05) is 13.7 Å². The number of ether oxygens (including phenoxy) is 1. The molecular formula is C12H17BrFNO. The van der Waals surface area contributed by atoms with E-state index in [9.17, 15) is 4.39 Å². The van der Waals surface area contributed by atoms with E-state index in [1.165, 1.54) is 6.07 Å². The summed E-state index contributed by atoms with van der Waals surface area (Å²) in [5.41, 5.74) is 1.01. The summed E-state index contributed by atoms with van der Waals surface area (Å²) < 4.78 is 19.1. The molecule has 1 aromatic rings. The van der Waals surface area contributed by atoms with Crippen molar-refractivity contribution >= 4 is 15.9 Å². The van der Waals surface area contributed by atoms with Crippen LogP contribution in [0.5, 0.6) is 0 Å². The highest BCUT2D eigenvalue weighted by Gasteiger charge is 2.11. The van der Waals surface area contributed by atoms with Gasteiger partial charge in [0.25, 0.3) is 0 Å². The fraction of sp³-hybridized carbons (Fsp3) is 0.500. The van der Waals surface area contributed by atoms with Crippen LogP contribution in [0.25, 0.3) is 0 Å². The number of likely N-dealkylation sites (N-methyl/N-ethyl adjacent to an activating group) is 1. The fourth-order valence-corrected chi connectivity index (χ4v) is 1.76. The molecule has 0 aliphatic carbocycles. The van der Waals surface area contributed by atoms with Gasteiger partial charge >= 0.3 is 0 Å². The molecule has 0 aliphatic heterocycles. The molecule has 0 bridgehead atoms. The van der Waals surface area contributed by atoms with Crippen LogP contribution in [0.3, 0.4) is 0 Å². The van der Waals surface area contributed by atoms with Gasteiger partial charge in [0.15, 0.2) is 0 Å². The molecule has 0 radical (unpaired) electrons. The summed E-state index contributed by atoms with van der Waals surface area (Å²) in [6.07, 6.45) is 0.194. The third-order valence-electron chi connectivity index (χ3n) is 2.29. The normalized spacial score (nSPS) is 13.1. The number of halogens is 2. The Labute approximate surface area is 104 Å². The van der Waals surface area contributed by atoms with E-state index in [2.05, 4.69) is 21.2 Å². The Morgan fingerprint density at radius 2 is 2.12 bits per heavy atom. The highest BCUT2D eigenvalue weighted by Crippen LogP contribution is 2.21. The van der Waals surface area contributed by atoms with Crippen LogP contribution in [-0.2, 0) is 4.74 Å². The molecule has 4 heteroatoms. The Kier molecular flexibility index (Phi) is 5.38. The summed E-state index contributed by atoms with van der Waals surface area (Å²) >= 11 is 3.18. The van der Waals surface area contributed by atoms with Crippen molar-refractivity contribution in [3.05, 3.63) is 34.1 Å². The van der Waals surface area contributed by atoms with Gasteiger partial charge in [-0.05, 0) is 54.5 Å². The fourth-order valence-electron chi connectivity index (χ4n) is 1.36. The molecule has 90 valence electrons. The van der Waals surface area contributed by atoms with Gasteiger partial charge in [-0.3, -0.25) is 0 Å². The van der Waals surface area contributed by atoms with Gasteiger partial charge in [-0.25, -0.2) is 4.39 Å². The van der Waals surface area contributed by atoms with Gasteiger partial charge in [-0.15, -0.1) is 0 Å². The van der Waals surface area contributed by atoms with Crippen LogP contribution in [0.2, 0.25) is 0 Å². The largest absolute Gasteiger partial charge is 0.377 e. The van der Waals surface area contributed by atoms with E-state index in [4.69, 9.17) is 4.74 Å². The highest BCUT2D eigenvalue weighted by atomic mass is 79.9. The van der Waals surface area contributed by atoms with Gasteiger partial charge in [-0.1, -0.05) is 6.07 Å². The number of benzene rings is 1. The SMILES string of the molecule is CNC(COC(C)C)c1ccc(F)c(Br)c1. The number of nitrogens with one attached hydrogen (secondary N) is 1. The molecule has 16 heavy (non-hydrogen) atoms. The summed E-state index contributed by atoms with van der Waals surface area (Å²) in [7, 11) is 1.87. The van der Waals surface area contributed by atoms with E-state index in [0.717, 1.165) is 5.56 Å². The van der Waals surface area contributed by atoms with Crippen LogP contribution in [0, 0.1) is 5.82 Å². The average molecular weight is 290 g/mol. The van der Waals surface area contributed by atoms with Crippen LogP contribution in [-0.4, -0.2) is 19.8 Å². The van der Waals surface area contributed by atoms with E-state index in [0.29, 0.717) is 11.1 Å². The molecule has 1 atom stereocenters. The monoisotopic (exact) mass is 289 g/mol. The van der Waals surface area contributed by atoms with Gasteiger partial charge in [0.1, 0.15) is 5.82 Å². The maximum Gasteiger partial charge on any atom is 0.137 e. The van der Waals surface area contributed by atoms with Crippen LogP contribution in [0.4, 0.5) is 4.39 Å².